The van der Waals surface area contributed by atoms with Crippen LogP contribution in [0.1, 0.15) is 26.4 Å². The van der Waals surface area contributed by atoms with E-state index in [1.54, 1.807) is 18.2 Å². The zero-order valence-electron chi connectivity index (χ0n) is 15.5. The van der Waals surface area contributed by atoms with Crippen LogP contribution in [0.4, 0.5) is 5.69 Å². The lowest BCUT2D eigenvalue weighted by atomic mass is 10.2. The highest BCUT2D eigenvalue weighted by Crippen LogP contribution is 2.26. The summed E-state index contributed by atoms with van der Waals surface area (Å²) in [7, 11) is 1.20. The third kappa shape index (κ3) is 4.08. The van der Waals surface area contributed by atoms with Gasteiger partial charge in [-0.15, -0.1) is 0 Å². The van der Waals surface area contributed by atoms with Gasteiger partial charge in [-0.3, -0.25) is 9.59 Å². The molecule has 29 heavy (non-hydrogen) atoms. The van der Waals surface area contributed by atoms with Crippen LogP contribution in [0, 0.1) is 6.92 Å². The number of esters is 1. The Morgan fingerprint density at radius 2 is 1.83 bits per heavy atom. The number of rotatable bonds is 4. The molecular weight excluding hydrogens is 378 g/mol. The van der Waals surface area contributed by atoms with Crippen molar-refractivity contribution < 1.29 is 24.5 Å². The van der Waals surface area contributed by atoms with E-state index in [0.717, 1.165) is 22.4 Å². The average Bonchev–Trinajstić information content (AvgIpc) is 2.68. The molecule has 0 unspecified atom stereocenters. The quantitative estimate of drug-likeness (QED) is 0.455. The van der Waals surface area contributed by atoms with Gasteiger partial charge in [0.05, 0.1) is 24.0 Å². The smallest absolute Gasteiger partial charge is 0.337 e. The summed E-state index contributed by atoms with van der Waals surface area (Å²) in [6.07, 6.45) is 0. The predicted molar refractivity (Wildman–Crippen MR) is 104 cm³/mol. The molecule has 0 bridgehead atoms. The number of anilines is 1. The van der Waals surface area contributed by atoms with Crippen LogP contribution in [0.2, 0.25) is 0 Å². The second kappa shape index (κ2) is 7.85. The normalized spacial score (nSPS) is 10.4. The molecule has 2 aromatic carbocycles. The van der Waals surface area contributed by atoms with E-state index in [0.29, 0.717) is 5.69 Å². The maximum absolute atomic E-state index is 12.6. The van der Waals surface area contributed by atoms with E-state index in [4.69, 9.17) is 0 Å². The highest BCUT2D eigenvalue weighted by atomic mass is 16.5. The van der Waals surface area contributed by atoms with Crippen LogP contribution >= 0.6 is 0 Å². The van der Waals surface area contributed by atoms with Crippen molar-refractivity contribution in [3.63, 3.8) is 0 Å². The molecule has 148 valence electrons. The van der Waals surface area contributed by atoms with Crippen molar-refractivity contribution in [2.24, 2.45) is 0 Å². The molecule has 3 aromatic rings. The highest BCUT2D eigenvalue weighted by Gasteiger charge is 2.19. The molecule has 3 N–H and O–H groups in total. The van der Waals surface area contributed by atoms with Crippen LogP contribution < -0.4 is 10.9 Å². The standard InChI is InChI=1S/C20H17N3O6/c1-11-4-3-5-13(8-11)23-17(26)10-16(25)18(22-23)19(27)21-14-7-6-12(9-15(14)24)20(28)29-2/h3-10,24-25H,1-2H3,(H,21,27). The van der Waals surface area contributed by atoms with Gasteiger partial charge in [-0.1, -0.05) is 12.1 Å². The Balaban J connectivity index is 1.95. The van der Waals surface area contributed by atoms with Crippen LogP contribution in [0.5, 0.6) is 11.5 Å². The lowest BCUT2D eigenvalue weighted by molar-refractivity contribution is 0.0600. The minimum Gasteiger partial charge on any atom is -0.506 e. The van der Waals surface area contributed by atoms with E-state index in [9.17, 15) is 24.6 Å². The van der Waals surface area contributed by atoms with Gasteiger partial charge in [0, 0.05) is 6.07 Å². The number of aromatic hydroxyl groups is 2. The van der Waals surface area contributed by atoms with Gasteiger partial charge in [0.25, 0.3) is 11.5 Å². The van der Waals surface area contributed by atoms with Crippen LogP contribution in [-0.2, 0) is 4.74 Å². The number of hydrogen-bond acceptors (Lipinski definition) is 7. The Labute approximate surface area is 164 Å². The van der Waals surface area contributed by atoms with Crippen LogP contribution in [-0.4, -0.2) is 39.0 Å². The predicted octanol–water partition coefficient (Wildman–Crippen LogP) is 1.99. The molecule has 0 aliphatic carbocycles. The van der Waals surface area contributed by atoms with Gasteiger partial charge < -0.3 is 20.3 Å². The molecule has 0 aliphatic rings. The number of carbonyl (C=O) groups is 2. The Bertz CT molecular complexity index is 1170. The van der Waals surface area contributed by atoms with Gasteiger partial charge in [-0.25, -0.2) is 4.79 Å². The fourth-order valence-electron chi connectivity index (χ4n) is 2.62. The van der Waals surface area contributed by atoms with E-state index in [1.807, 2.05) is 13.0 Å². The van der Waals surface area contributed by atoms with Gasteiger partial charge in [-0.2, -0.15) is 9.78 Å². The van der Waals surface area contributed by atoms with Crippen molar-refractivity contribution in [1.29, 1.82) is 0 Å². The van der Waals surface area contributed by atoms with Crippen LogP contribution in [0.25, 0.3) is 5.69 Å². The van der Waals surface area contributed by atoms with Crippen molar-refractivity contribution in [3.8, 4) is 17.2 Å². The summed E-state index contributed by atoms with van der Waals surface area (Å²) < 4.78 is 5.55. The molecule has 0 atom stereocenters. The summed E-state index contributed by atoms with van der Waals surface area (Å²) in [5, 5.41) is 26.4. The zero-order chi connectivity index (χ0) is 21.1. The number of methoxy groups -OCH3 is 1. The number of amides is 1. The third-order valence-electron chi connectivity index (χ3n) is 4.04. The molecule has 0 fully saturated rings. The van der Waals surface area contributed by atoms with Gasteiger partial charge in [0.1, 0.15) is 5.75 Å². The van der Waals surface area contributed by atoms with Crippen LogP contribution in [0.15, 0.2) is 53.3 Å². The monoisotopic (exact) mass is 395 g/mol. The number of aryl methyl sites for hydroxylation is 1. The topological polar surface area (TPSA) is 131 Å². The fourth-order valence-corrected chi connectivity index (χ4v) is 2.62. The molecule has 9 nitrogen and oxygen atoms in total. The largest absolute Gasteiger partial charge is 0.506 e. The summed E-state index contributed by atoms with van der Waals surface area (Å²) in [4.78, 5) is 36.3. The van der Waals surface area contributed by atoms with E-state index in [1.165, 1.54) is 19.2 Å². The Morgan fingerprint density at radius 1 is 1.07 bits per heavy atom. The number of ether oxygens (including phenoxy) is 1. The molecular formula is C20H17N3O6. The van der Waals surface area contributed by atoms with Gasteiger partial charge in [0.2, 0.25) is 0 Å². The molecule has 1 amide bonds. The van der Waals surface area contributed by atoms with E-state index in [-0.39, 0.29) is 17.0 Å². The first-order valence-electron chi connectivity index (χ1n) is 8.43. The number of nitrogens with zero attached hydrogens (tertiary/aromatic N) is 2. The summed E-state index contributed by atoms with van der Waals surface area (Å²) >= 11 is 0. The first-order valence-corrected chi connectivity index (χ1v) is 8.43. The molecule has 0 saturated heterocycles. The van der Waals surface area contributed by atoms with Crippen molar-refractivity contribution in [2.75, 3.05) is 12.4 Å². The molecule has 0 radical (unpaired) electrons. The number of benzene rings is 2. The van der Waals surface area contributed by atoms with Crippen molar-refractivity contribution in [2.45, 2.75) is 6.92 Å². The molecule has 0 aliphatic heterocycles. The number of nitrogens with one attached hydrogen (secondary N) is 1. The average molecular weight is 395 g/mol. The minimum absolute atomic E-state index is 0.0165. The first kappa shape index (κ1) is 19.6. The lowest BCUT2D eigenvalue weighted by Crippen LogP contribution is -2.25. The van der Waals surface area contributed by atoms with Gasteiger partial charge in [0.15, 0.2) is 11.4 Å². The second-order valence-corrected chi connectivity index (χ2v) is 6.14. The number of aromatic nitrogens is 2. The summed E-state index contributed by atoms with van der Waals surface area (Å²) in [6.45, 7) is 1.84. The van der Waals surface area contributed by atoms with Crippen LogP contribution in [0.3, 0.4) is 0 Å². The van der Waals surface area contributed by atoms with E-state index < -0.39 is 28.9 Å². The summed E-state index contributed by atoms with van der Waals surface area (Å²) in [6, 6.07) is 11.6. The maximum Gasteiger partial charge on any atom is 0.337 e. The van der Waals surface area contributed by atoms with Gasteiger partial charge in [-0.05, 0) is 42.8 Å². The SMILES string of the molecule is COC(=O)c1ccc(NC(=O)c2nn(-c3cccc(C)c3)c(=O)cc2O)c(O)c1. The highest BCUT2D eigenvalue weighted by molar-refractivity contribution is 6.05. The maximum atomic E-state index is 12.6. The van der Waals surface area contributed by atoms with Crippen molar-refractivity contribution in [3.05, 3.63) is 75.7 Å². The van der Waals surface area contributed by atoms with Gasteiger partial charge >= 0.3 is 5.97 Å². The first-order chi connectivity index (χ1) is 13.8. The number of carbonyl (C=O) groups excluding carboxylic acids is 2. The Morgan fingerprint density at radius 3 is 2.48 bits per heavy atom. The number of phenols is 1. The molecule has 3 rings (SSSR count). The van der Waals surface area contributed by atoms with Crippen molar-refractivity contribution in [1.82, 2.24) is 9.78 Å². The molecule has 0 spiro atoms. The van der Waals surface area contributed by atoms with E-state index >= 15 is 0 Å². The summed E-state index contributed by atoms with van der Waals surface area (Å²) in [5.74, 6) is -2.50. The lowest BCUT2D eigenvalue weighted by Gasteiger charge is -2.11. The minimum atomic E-state index is -0.856. The van der Waals surface area contributed by atoms with Crippen molar-refractivity contribution >= 4 is 17.6 Å². The summed E-state index contributed by atoms with van der Waals surface area (Å²) in [5.41, 5.74) is 0.354. The zero-order valence-corrected chi connectivity index (χ0v) is 15.5. The Kier molecular flexibility index (Phi) is 5.31. The van der Waals surface area contributed by atoms with E-state index in [2.05, 4.69) is 15.2 Å². The number of hydrogen-bond donors (Lipinski definition) is 3. The second-order valence-electron chi connectivity index (χ2n) is 6.14. The number of phenolic OH excluding ortho intramolecular Hbond substituents is 1. The molecule has 9 heteroatoms. The molecule has 0 saturated carbocycles. The molecule has 1 heterocycles. The third-order valence-corrected chi connectivity index (χ3v) is 4.04. The molecule has 1 aromatic heterocycles. The Hall–Kier alpha value is -4.14. The fraction of sp³-hybridized carbons (Fsp3) is 0.100.